The van der Waals surface area contributed by atoms with Gasteiger partial charge in [0.1, 0.15) is 0 Å². The van der Waals surface area contributed by atoms with Crippen molar-refractivity contribution in [1.82, 2.24) is 0 Å². The van der Waals surface area contributed by atoms with Crippen LogP contribution in [0.2, 0.25) is 0 Å². The summed E-state index contributed by atoms with van der Waals surface area (Å²) in [5.41, 5.74) is 0.996. The highest BCUT2D eigenvalue weighted by Crippen LogP contribution is 2.79. The highest BCUT2D eigenvalue weighted by atomic mass is 32.1. The highest BCUT2D eigenvalue weighted by Gasteiger charge is 2.75. The molecular weight excluding hydrogens is 332 g/mol. The smallest absolute Gasteiger partial charge is 0.0193 e. The number of hydrogen-bond acceptors (Lipinski definition) is 4. The normalized spacial score (nSPS) is 62.9. The van der Waals surface area contributed by atoms with E-state index in [9.17, 15) is 0 Å². The minimum Gasteiger partial charge on any atom is -0.179 e. The van der Waals surface area contributed by atoms with E-state index in [4.69, 9.17) is 50.5 Å². The maximum Gasteiger partial charge on any atom is 0.0193 e. The number of thiol groups is 4. The third-order valence-electron chi connectivity index (χ3n) is 8.19. The molecule has 0 amide bonds. The van der Waals surface area contributed by atoms with Crippen molar-refractivity contribution in [2.75, 3.05) is 11.5 Å². The van der Waals surface area contributed by atoms with Gasteiger partial charge in [0, 0.05) is 10.5 Å². The van der Waals surface area contributed by atoms with Gasteiger partial charge in [-0.3, -0.25) is 0 Å². The highest BCUT2D eigenvalue weighted by molar-refractivity contribution is 7.85. The van der Waals surface area contributed by atoms with Crippen molar-refractivity contribution in [2.24, 2.45) is 39.9 Å². The van der Waals surface area contributed by atoms with Gasteiger partial charge in [0.25, 0.3) is 0 Å². The Hall–Kier alpha value is 1.40. The molecule has 0 aromatic heterocycles. The van der Waals surface area contributed by atoms with E-state index in [0.717, 1.165) is 23.3 Å². The minimum atomic E-state index is 0.250. The van der Waals surface area contributed by atoms with Gasteiger partial charge in [0.2, 0.25) is 0 Å². The van der Waals surface area contributed by atoms with Crippen LogP contribution in [0.4, 0.5) is 0 Å². The van der Waals surface area contributed by atoms with E-state index in [-0.39, 0.29) is 10.8 Å². The summed E-state index contributed by atoms with van der Waals surface area (Å²) in [5, 5.41) is 0.823. The molecule has 0 bridgehead atoms. The van der Waals surface area contributed by atoms with Crippen LogP contribution in [-0.4, -0.2) is 22.0 Å². The molecule has 0 radical (unpaired) electrons. The summed E-state index contributed by atoms with van der Waals surface area (Å²) in [7, 11) is 0. The summed E-state index contributed by atoms with van der Waals surface area (Å²) in [6, 6.07) is 0. The van der Waals surface area contributed by atoms with E-state index in [1.165, 1.54) is 12.8 Å². The van der Waals surface area contributed by atoms with Gasteiger partial charge in [-0.15, -0.1) is 0 Å². The molecule has 3 fully saturated rings. The zero-order valence-electron chi connectivity index (χ0n) is 13.6. The van der Waals surface area contributed by atoms with Crippen molar-refractivity contribution in [2.45, 2.75) is 51.0 Å². The average molecular weight is 363 g/mol. The van der Waals surface area contributed by atoms with Gasteiger partial charge in [-0.25, -0.2) is 0 Å². The molecule has 1 spiro atoms. The largest absolute Gasteiger partial charge is 0.179 e. The van der Waals surface area contributed by atoms with E-state index in [1.807, 2.05) is 0 Å². The topological polar surface area (TPSA) is 0 Å². The van der Waals surface area contributed by atoms with Crippen LogP contribution in [0.1, 0.15) is 40.5 Å². The zero-order valence-corrected chi connectivity index (χ0v) is 17.2. The first-order valence-corrected chi connectivity index (χ1v) is 10.6. The lowest BCUT2D eigenvalue weighted by Gasteiger charge is -2.62. The predicted molar refractivity (Wildman–Crippen MR) is 106 cm³/mol. The van der Waals surface area contributed by atoms with Crippen LogP contribution in [0.25, 0.3) is 0 Å². The summed E-state index contributed by atoms with van der Waals surface area (Å²) >= 11 is 19.5. The SMILES string of the molecule is CC1C(C)(CS)C(CS)C2(CC2C)C2CC(S)C(S)C12C. The van der Waals surface area contributed by atoms with E-state index in [2.05, 4.69) is 27.7 Å². The van der Waals surface area contributed by atoms with Crippen molar-refractivity contribution in [3.05, 3.63) is 0 Å². The first-order chi connectivity index (χ1) is 9.71. The number of hydrogen-bond donors (Lipinski definition) is 4. The molecule has 0 aliphatic heterocycles. The molecule has 0 aromatic rings. The maximum absolute atomic E-state index is 5.04. The predicted octanol–water partition coefficient (Wildman–Crippen LogP) is 4.77. The Kier molecular flexibility index (Phi) is 4.26. The molecule has 21 heavy (non-hydrogen) atoms. The fraction of sp³-hybridized carbons (Fsp3) is 1.00. The molecule has 9 unspecified atom stereocenters. The molecule has 0 saturated heterocycles. The van der Waals surface area contributed by atoms with Crippen molar-refractivity contribution < 1.29 is 0 Å². The lowest BCUT2D eigenvalue weighted by atomic mass is 9.45. The molecule has 3 saturated carbocycles. The van der Waals surface area contributed by atoms with E-state index >= 15 is 0 Å². The summed E-state index contributed by atoms with van der Waals surface area (Å²) < 4.78 is 0. The van der Waals surface area contributed by atoms with Crippen LogP contribution in [-0.2, 0) is 0 Å². The Morgan fingerprint density at radius 2 is 1.67 bits per heavy atom. The Morgan fingerprint density at radius 3 is 2.10 bits per heavy atom. The van der Waals surface area contributed by atoms with Gasteiger partial charge in [-0.05, 0) is 64.3 Å². The van der Waals surface area contributed by atoms with E-state index in [0.29, 0.717) is 27.8 Å². The van der Waals surface area contributed by atoms with Crippen molar-refractivity contribution in [3.63, 3.8) is 0 Å². The molecule has 122 valence electrons. The third kappa shape index (κ3) is 1.88. The molecule has 0 aromatic carbocycles. The third-order valence-corrected chi connectivity index (χ3v) is 10.9. The molecule has 4 heteroatoms. The molecule has 0 heterocycles. The number of rotatable bonds is 2. The molecule has 9 atom stereocenters. The molecule has 0 nitrogen and oxygen atoms in total. The average Bonchev–Trinajstić information content (AvgIpc) is 3.05. The van der Waals surface area contributed by atoms with Crippen LogP contribution >= 0.6 is 50.5 Å². The second-order valence-electron chi connectivity index (χ2n) is 8.50. The fourth-order valence-corrected chi connectivity index (χ4v) is 8.85. The van der Waals surface area contributed by atoms with Crippen molar-refractivity contribution >= 4 is 50.5 Å². The Bertz CT molecular complexity index is 441. The van der Waals surface area contributed by atoms with Crippen LogP contribution in [0.3, 0.4) is 0 Å². The first kappa shape index (κ1) is 17.2. The first-order valence-electron chi connectivity index (χ1n) is 8.29. The van der Waals surface area contributed by atoms with Crippen molar-refractivity contribution in [3.8, 4) is 0 Å². The fourth-order valence-electron chi connectivity index (χ4n) is 6.54. The number of fused-ring (bicyclic) bond motifs is 2. The van der Waals surface area contributed by atoms with E-state index in [1.54, 1.807) is 0 Å². The summed E-state index contributed by atoms with van der Waals surface area (Å²) in [6.45, 7) is 9.87. The Labute approximate surface area is 152 Å². The van der Waals surface area contributed by atoms with Crippen molar-refractivity contribution in [1.29, 1.82) is 0 Å². The second-order valence-corrected chi connectivity index (χ2v) is 10.4. The van der Waals surface area contributed by atoms with Crippen LogP contribution in [0.15, 0.2) is 0 Å². The summed E-state index contributed by atoms with van der Waals surface area (Å²) in [4.78, 5) is 0. The maximum atomic E-state index is 5.04. The Morgan fingerprint density at radius 1 is 1.10 bits per heavy atom. The lowest BCUT2D eigenvalue weighted by molar-refractivity contribution is -0.111. The monoisotopic (exact) mass is 362 g/mol. The molecule has 0 N–H and O–H groups in total. The molecule has 3 aliphatic carbocycles. The summed E-state index contributed by atoms with van der Waals surface area (Å²) in [5.74, 6) is 4.81. The minimum absolute atomic E-state index is 0.250. The second kappa shape index (κ2) is 5.20. The Balaban J connectivity index is 2.15. The van der Waals surface area contributed by atoms with Gasteiger partial charge in [-0.2, -0.15) is 50.5 Å². The molecule has 3 aliphatic rings. The van der Waals surface area contributed by atoms with Gasteiger partial charge in [0.15, 0.2) is 0 Å². The van der Waals surface area contributed by atoms with E-state index < -0.39 is 0 Å². The van der Waals surface area contributed by atoms with Crippen LogP contribution < -0.4 is 0 Å². The van der Waals surface area contributed by atoms with Gasteiger partial charge in [0.05, 0.1) is 0 Å². The lowest BCUT2D eigenvalue weighted by Crippen LogP contribution is -2.60. The van der Waals surface area contributed by atoms with Crippen LogP contribution in [0.5, 0.6) is 0 Å². The van der Waals surface area contributed by atoms with Gasteiger partial charge < -0.3 is 0 Å². The van der Waals surface area contributed by atoms with Gasteiger partial charge >= 0.3 is 0 Å². The quantitative estimate of drug-likeness (QED) is 0.500. The van der Waals surface area contributed by atoms with Gasteiger partial charge in [-0.1, -0.05) is 27.7 Å². The van der Waals surface area contributed by atoms with Crippen LogP contribution in [0, 0.1) is 39.9 Å². The standard InChI is InChI=1S/C17H30S4/c1-9-6-17(9)12-5-11(20)14(21)16(12,4)10(2)15(3,8-19)13(17)7-18/h9-14,18-21H,5-8H2,1-4H3. The zero-order chi connectivity index (χ0) is 15.8. The summed E-state index contributed by atoms with van der Waals surface area (Å²) in [6.07, 6.45) is 2.60. The molecule has 3 rings (SSSR count). The molecular formula is C17H30S4.